The average Bonchev–Trinajstić information content (AvgIpc) is 2.10. The summed E-state index contributed by atoms with van der Waals surface area (Å²) in [4.78, 5) is 0. The summed E-state index contributed by atoms with van der Waals surface area (Å²) in [5.41, 5.74) is 0. The highest BCUT2D eigenvalue weighted by Gasteiger charge is 2.24. The Morgan fingerprint density at radius 1 is 1.43 bits per heavy atom. The third-order valence-corrected chi connectivity index (χ3v) is 3.11. The van der Waals surface area contributed by atoms with E-state index in [2.05, 4.69) is 40.2 Å². The Bertz CT molecular complexity index is 148. The van der Waals surface area contributed by atoms with E-state index in [-0.39, 0.29) is 12.4 Å². The maximum atomic E-state index is 4.25. The molecule has 0 amide bonds. The Kier molecular flexibility index (Phi) is 10.3. The molecule has 0 N–H and O–H groups in total. The highest BCUT2D eigenvalue weighted by Crippen LogP contribution is 2.15. The fraction of sp³-hybridized carbons (Fsp3) is 0.818. The normalized spacial score (nSPS) is 13.1. The van der Waals surface area contributed by atoms with E-state index in [9.17, 15) is 0 Å². The molecule has 86 valence electrons. The molecule has 0 bridgehead atoms. The number of halogens is 1. The monoisotopic (exact) mass is 237 g/mol. The third kappa shape index (κ3) is 5.94. The Morgan fingerprint density at radius 3 is 2.36 bits per heavy atom. The molecule has 0 aliphatic heterocycles. The number of hydrogen-bond donors (Lipinski definition) is 1. The third-order valence-electron chi connectivity index (χ3n) is 2.79. The zero-order valence-corrected chi connectivity index (χ0v) is 11.3. The molecule has 0 aliphatic rings. The molecule has 3 heteroatoms. The van der Waals surface area contributed by atoms with Crippen molar-refractivity contribution in [2.45, 2.75) is 32.2 Å². The molecule has 1 unspecified atom stereocenters. The van der Waals surface area contributed by atoms with E-state index >= 15 is 0 Å². The summed E-state index contributed by atoms with van der Waals surface area (Å²) in [7, 11) is 4.61. The van der Waals surface area contributed by atoms with Crippen LogP contribution in [-0.2, 0) is 0 Å². The minimum absolute atomic E-state index is 0. The number of quaternary nitrogens is 1. The van der Waals surface area contributed by atoms with Gasteiger partial charge in [-0.15, -0.1) is 6.58 Å². The summed E-state index contributed by atoms with van der Waals surface area (Å²) in [5, 5.41) is 0. The Hall–Kier alpha value is 0.340. The van der Waals surface area contributed by atoms with E-state index in [4.69, 9.17) is 0 Å². The zero-order valence-electron chi connectivity index (χ0n) is 9.67. The van der Waals surface area contributed by atoms with Crippen LogP contribution >= 0.6 is 12.6 Å². The lowest BCUT2D eigenvalue weighted by Gasteiger charge is -2.37. The summed E-state index contributed by atoms with van der Waals surface area (Å²) in [6, 6.07) is 0.720. The molecule has 0 aromatic carbocycles. The van der Waals surface area contributed by atoms with E-state index in [0.717, 1.165) is 22.7 Å². The second-order valence-corrected chi connectivity index (χ2v) is 4.61. The van der Waals surface area contributed by atoms with Crippen molar-refractivity contribution in [1.82, 2.24) is 0 Å². The van der Waals surface area contributed by atoms with Gasteiger partial charge in [-0.2, -0.15) is 12.6 Å². The van der Waals surface area contributed by atoms with Crippen LogP contribution in [0.2, 0.25) is 0 Å². The molecule has 0 saturated carbocycles. The van der Waals surface area contributed by atoms with Crippen LogP contribution in [0.25, 0.3) is 0 Å². The largest absolute Gasteiger partial charge is 1.00 e. The van der Waals surface area contributed by atoms with Crippen molar-refractivity contribution in [2.75, 3.05) is 26.4 Å². The molecule has 0 heterocycles. The van der Waals surface area contributed by atoms with Crippen molar-refractivity contribution < 1.29 is 16.9 Å². The minimum atomic E-state index is 0. The first-order valence-electron chi connectivity index (χ1n) is 5.13. The van der Waals surface area contributed by atoms with E-state index in [1.807, 2.05) is 6.08 Å². The van der Waals surface area contributed by atoms with Crippen LogP contribution in [0, 0.1) is 0 Å². The maximum Gasteiger partial charge on any atom is 0.0918 e. The van der Waals surface area contributed by atoms with Crippen LogP contribution in [0.15, 0.2) is 12.7 Å². The fourth-order valence-electron chi connectivity index (χ4n) is 1.80. The molecule has 0 aliphatic carbocycles. The van der Waals surface area contributed by atoms with Gasteiger partial charge in [0.25, 0.3) is 0 Å². The average molecular weight is 238 g/mol. The second-order valence-electron chi connectivity index (χ2n) is 4.17. The van der Waals surface area contributed by atoms with Crippen LogP contribution in [-0.4, -0.2) is 36.9 Å². The van der Waals surface area contributed by atoms with Gasteiger partial charge in [-0.25, -0.2) is 0 Å². The summed E-state index contributed by atoms with van der Waals surface area (Å²) in [6.07, 6.45) is 5.58. The Labute approximate surface area is 101 Å². The summed E-state index contributed by atoms with van der Waals surface area (Å²) < 4.78 is 1.10. The molecule has 1 nitrogen and oxygen atoms in total. The molecule has 1 atom stereocenters. The minimum Gasteiger partial charge on any atom is -1.00 e. The molecular formula is C11H24ClNS. The SMILES string of the molecule is C=CCC(CC)[N+](C)(C)CCCS.[Cl-]. The predicted molar refractivity (Wildman–Crippen MR) is 64.3 cm³/mol. The first-order chi connectivity index (χ1) is 6.08. The highest BCUT2D eigenvalue weighted by molar-refractivity contribution is 7.80. The van der Waals surface area contributed by atoms with Crippen LogP contribution in [0.4, 0.5) is 0 Å². The van der Waals surface area contributed by atoms with Crippen molar-refractivity contribution in [3.8, 4) is 0 Å². The van der Waals surface area contributed by atoms with Gasteiger partial charge < -0.3 is 16.9 Å². The van der Waals surface area contributed by atoms with Crippen LogP contribution < -0.4 is 12.4 Å². The summed E-state index contributed by atoms with van der Waals surface area (Å²) in [6.45, 7) is 7.29. The molecule has 0 rings (SSSR count). The summed E-state index contributed by atoms with van der Waals surface area (Å²) in [5.74, 6) is 0.992. The van der Waals surface area contributed by atoms with Crippen LogP contribution in [0.5, 0.6) is 0 Å². The standard InChI is InChI=1S/C11H23NS.ClH/c1-5-8-11(6-2)12(3,4)9-7-10-13;/h5,11H,1,6-10H2,2-4H3;1H. The van der Waals surface area contributed by atoms with Crippen molar-refractivity contribution in [3.05, 3.63) is 12.7 Å². The van der Waals surface area contributed by atoms with Crippen molar-refractivity contribution >= 4 is 12.6 Å². The van der Waals surface area contributed by atoms with E-state index in [0.29, 0.717) is 0 Å². The van der Waals surface area contributed by atoms with Gasteiger partial charge >= 0.3 is 0 Å². The van der Waals surface area contributed by atoms with Crippen molar-refractivity contribution in [3.63, 3.8) is 0 Å². The second kappa shape index (κ2) is 8.63. The lowest BCUT2D eigenvalue weighted by atomic mass is 10.1. The van der Waals surface area contributed by atoms with Gasteiger partial charge in [-0.05, 0) is 12.2 Å². The molecule has 0 aromatic rings. The van der Waals surface area contributed by atoms with Gasteiger partial charge in [-0.1, -0.05) is 13.0 Å². The summed E-state index contributed by atoms with van der Waals surface area (Å²) >= 11 is 4.25. The number of nitrogens with zero attached hydrogens (tertiary/aromatic N) is 1. The lowest BCUT2D eigenvalue weighted by molar-refractivity contribution is -0.914. The highest BCUT2D eigenvalue weighted by atomic mass is 35.5. The zero-order chi connectivity index (χ0) is 10.3. The molecular weight excluding hydrogens is 214 g/mol. The first kappa shape index (κ1) is 16.8. The molecule has 0 radical (unpaired) electrons. The lowest BCUT2D eigenvalue weighted by Crippen LogP contribution is -3.00. The predicted octanol–water partition coefficient (Wildman–Crippen LogP) is -0.259. The number of rotatable bonds is 7. The maximum absolute atomic E-state index is 4.25. The van der Waals surface area contributed by atoms with Crippen molar-refractivity contribution in [2.24, 2.45) is 0 Å². The number of thiol groups is 1. The molecule has 0 saturated heterocycles. The van der Waals surface area contributed by atoms with Gasteiger partial charge in [0, 0.05) is 12.8 Å². The quantitative estimate of drug-likeness (QED) is 0.352. The van der Waals surface area contributed by atoms with E-state index in [1.54, 1.807) is 0 Å². The number of hydrogen-bond acceptors (Lipinski definition) is 1. The Balaban J connectivity index is 0. The van der Waals surface area contributed by atoms with Gasteiger partial charge in [0.15, 0.2) is 0 Å². The first-order valence-corrected chi connectivity index (χ1v) is 5.76. The molecule has 14 heavy (non-hydrogen) atoms. The fourth-order valence-corrected chi connectivity index (χ4v) is 1.94. The topological polar surface area (TPSA) is 0 Å². The van der Waals surface area contributed by atoms with Crippen molar-refractivity contribution in [1.29, 1.82) is 0 Å². The molecule has 0 aromatic heterocycles. The van der Waals surface area contributed by atoms with E-state index in [1.165, 1.54) is 19.4 Å². The van der Waals surface area contributed by atoms with Gasteiger partial charge in [0.1, 0.15) is 0 Å². The van der Waals surface area contributed by atoms with Crippen LogP contribution in [0.3, 0.4) is 0 Å². The van der Waals surface area contributed by atoms with Gasteiger partial charge in [0.2, 0.25) is 0 Å². The smallest absolute Gasteiger partial charge is 0.0918 e. The molecule has 0 fully saturated rings. The van der Waals surface area contributed by atoms with Crippen LogP contribution in [0.1, 0.15) is 26.2 Å². The Morgan fingerprint density at radius 2 is 2.00 bits per heavy atom. The molecule has 0 spiro atoms. The van der Waals surface area contributed by atoms with E-state index < -0.39 is 0 Å². The van der Waals surface area contributed by atoms with Gasteiger partial charge in [-0.3, -0.25) is 0 Å². The van der Waals surface area contributed by atoms with Gasteiger partial charge in [0.05, 0.1) is 26.7 Å².